The summed E-state index contributed by atoms with van der Waals surface area (Å²) in [4.78, 5) is 32.9. The number of pyridine rings is 1. The zero-order chi connectivity index (χ0) is 15.6. The molecule has 2 rings (SSSR count). The highest BCUT2D eigenvalue weighted by Gasteiger charge is 2.15. The zero-order valence-electron chi connectivity index (χ0n) is 10.5. The van der Waals surface area contributed by atoms with Crippen LogP contribution in [-0.2, 0) is 6.54 Å². The first-order chi connectivity index (χ1) is 9.88. The second-order valence-corrected chi connectivity index (χ2v) is 4.65. The smallest absolute Gasteiger partial charge is 0.335 e. The minimum Gasteiger partial charge on any atom is -0.478 e. The van der Waals surface area contributed by atoms with Crippen LogP contribution in [0, 0.1) is 10.1 Å². The van der Waals surface area contributed by atoms with E-state index in [4.69, 9.17) is 16.7 Å². The van der Waals surface area contributed by atoms with E-state index in [0.29, 0.717) is 5.56 Å². The number of rotatable bonds is 4. The van der Waals surface area contributed by atoms with Crippen molar-refractivity contribution in [3.63, 3.8) is 0 Å². The highest BCUT2D eigenvalue weighted by atomic mass is 35.5. The summed E-state index contributed by atoms with van der Waals surface area (Å²) in [5.74, 6) is -1.21. The van der Waals surface area contributed by atoms with E-state index in [-0.39, 0.29) is 22.8 Å². The number of halogens is 1. The first kappa shape index (κ1) is 14.7. The fraction of sp³-hybridized carbons (Fsp3) is 0.0769. The maximum Gasteiger partial charge on any atom is 0.335 e. The minimum absolute atomic E-state index is 0.0494. The Morgan fingerprint density at radius 1 is 1.33 bits per heavy atom. The summed E-state index contributed by atoms with van der Waals surface area (Å²) >= 11 is 5.71. The Bertz CT molecular complexity index is 784. The van der Waals surface area contributed by atoms with Crippen molar-refractivity contribution in [2.24, 2.45) is 0 Å². The van der Waals surface area contributed by atoms with Crippen LogP contribution in [0.2, 0.25) is 5.02 Å². The molecule has 0 aliphatic carbocycles. The Balaban J connectivity index is 2.41. The van der Waals surface area contributed by atoms with Crippen LogP contribution < -0.4 is 5.56 Å². The zero-order valence-corrected chi connectivity index (χ0v) is 11.3. The number of carboxylic acid groups (broad SMARTS) is 1. The molecule has 0 bridgehead atoms. The molecule has 0 aliphatic rings. The molecular formula is C13H9ClN2O5. The lowest BCUT2D eigenvalue weighted by Gasteiger charge is -2.07. The molecule has 0 amide bonds. The van der Waals surface area contributed by atoms with Gasteiger partial charge in [0.25, 0.3) is 11.2 Å². The van der Waals surface area contributed by atoms with Crippen molar-refractivity contribution in [3.8, 4) is 0 Å². The fourth-order valence-electron chi connectivity index (χ4n) is 1.80. The van der Waals surface area contributed by atoms with Gasteiger partial charge in [0.2, 0.25) is 0 Å². The van der Waals surface area contributed by atoms with E-state index < -0.39 is 16.5 Å². The maximum absolute atomic E-state index is 11.8. The molecule has 0 saturated carbocycles. The third kappa shape index (κ3) is 3.26. The van der Waals surface area contributed by atoms with E-state index in [1.54, 1.807) is 0 Å². The van der Waals surface area contributed by atoms with Crippen molar-refractivity contribution in [1.82, 2.24) is 4.57 Å². The van der Waals surface area contributed by atoms with E-state index >= 15 is 0 Å². The van der Waals surface area contributed by atoms with Crippen LogP contribution in [-0.4, -0.2) is 20.6 Å². The quantitative estimate of drug-likeness (QED) is 0.688. The lowest BCUT2D eigenvalue weighted by Crippen LogP contribution is -2.21. The molecule has 7 nitrogen and oxygen atoms in total. The van der Waals surface area contributed by atoms with Crippen molar-refractivity contribution >= 4 is 23.3 Å². The van der Waals surface area contributed by atoms with Crippen LogP contribution in [0.5, 0.6) is 0 Å². The average Bonchev–Trinajstić information content (AvgIpc) is 2.42. The van der Waals surface area contributed by atoms with E-state index in [2.05, 4.69) is 0 Å². The first-order valence-electron chi connectivity index (χ1n) is 5.75. The highest BCUT2D eigenvalue weighted by molar-refractivity contribution is 6.30. The van der Waals surface area contributed by atoms with Gasteiger partial charge in [-0.3, -0.25) is 14.9 Å². The van der Waals surface area contributed by atoms with Gasteiger partial charge in [-0.25, -0.2) is 4.79 Å². The average molecular weight is 309 g/mol. The molecule has 21 heavy (non-hydrogen) atoms. The van der Waals surface area contributed by atoms with Crippen molar-refractivity contribution in [2.75, 3.05) is 0 Å². The molecule has 2 aromatic rings. The molecule has 108 valence electrons. The number of nitro groups is 1. The number of benzene rings is 1. The predicted molar refractivity (Wildman–Crippen MR) is 74.9 cm³/mol. The first-order valence-corrected chi connectivity index (χ1v) is 6.13. The van der Waals surface area contributed by atoms with Gasteiger partial charge in [-0.15, -0.1) is 0 Å². The Hall–Kier alpha value is -2.67. The van der Waals surface area contributed by atoms with Crippen molar-refractivity contribution < 1.29 is 14.8 Å². The Kier molecular flexibility index (Phi) is 4.04. The topological polar surface area (TPSA) is 102 Å². The van der Waals surface area contributed by atoms with Crippen LogP contribution in [0.1, 0.15) is 15.9 Å². The number of aromatic nitrogens is 1. The van der Waals surface area contributed by atoms with Gasteiger partial charge < -0.3 is 9.67 Å². The van der Waals surface area contributed by atoms with Crippen LogP contribution in [0.15, 0.2) is 41.3 Å². The molecule has 1 N–H and O–H groups in total. The second kappa shape index (κ2) is 5.76. The summed E-state index contributed by atoms with van der Waals surface area (Å²) in [5.41, 5.74) is -0.590. The lowest BCUT2D eigenvalue weighted by molar-refractivity contribution is -0.385. The standard InChI is InChI=1S/C13H9ClN2O5/c14-10-2-1-9(11(6-10)16(20)21)7-15-4-3-8(13(18)19)5-12(15)17/h1-6H,7H2,(H,18,19). The number of carboxylic acids is 1. The monoisotopic (exact) mass is 308 g/mol. The van der Waals surface area contributed by atoms with Gasteiger partial charge in [0, 0.05) is 28.9 Å². The van der Waals surface area contributed by atoms with Gasteiger partial charge in [-0.1, -0.05) is 11.6 Å². The largest absolute Gasteiger partial charge is 0.478 e. The number of hydrogen-bond donors (Lipinski definition) is 1. The Morgan fingerprint density at radius 3 is 2.62 bits per heavy atom. The number of nitrogens with zero attached hydrogens (tertiary/aromatic N) is 2. The number of nitro benzene ring substituents is 1. The maximum atomic E-state index is 11.8. The molecule has 0 atom stereocenters. The molecule has 1 heterocycles. The normalized spacial score (nSPS) is 10.3. The van der Waals surface area contributed by atoms with Gasteiger partial charge in [0.15, 0.2) is 0 Å². The third-order valence-corrected chi connectivity index (χ3v) is 3.06. The second-order valence-electron chi connectivity index (χ2n) is 4.22. The van der Waals surface area contributed by atoms with Crippen molar-refractivity contribution in [3.05, 3.63) is 73.1 Å². The Labute approximate surface area is 123 Å². The summed E-state index contributed by atoms with van der Waals surface area (Å²) in [6.45, 7) is -0.0494. The van der Waals surface area contributed by atoms with Gasteiger partial charge in [0.1, 0.15) is 0 Å². The minimum atomic E-state index is -1.21. The van der Waals surface area contributed by atoms with Crippen molar-refractivity contribution in [1.29, 1.82) is 0 Å². The third-order valence-electron chi connectivity index (χ3n) is 2.83. The lowest BCUT2D eigenvalue weighted by atomic mass is 10.1. The molecule has 0 radical (unpaired) electrons. The molecule has 0 spiro atoms. The summed E-state index contributed by atoms with van der Waals surface area (Å²) in [7, 11) is 0. The molecule has 0 fully saturated rings. The number of hydrogen-bond acceptors (Lipinski definition) is 4. The molecule has 0 aliphatic heterocycles. The molecule has 8 heteroatoms. The summed E-state index contributed by atoms with van der Waals surface area (Å²) in [6.07, 6.45) is 1.28. The van der Waals surface area contributed by atoms with E-state index in [1.165, 1.54) is 35.0 Å². The van der Waals surface area contributed by atoms with Gasteiger partial charge >= 0.3 is 5.97 Å². The van der Waals surface area contributed by atoms with E-state index in [0.717, 1.165) is 6.07 Å². The van der Waals surface area contributed by atoms with Crippen LogP contribution >= 0.6 is 11.6 Å². The highest BCUT2D eigenvalue weighted by Crippen LogP contribution is 2.23. The molecule has 1 aromatic heterocycles. The molecular weight excluding hydrogens is 300 g/mol. The SMILES string of the molecule is O=C(O)c1ccn(Cc2ccc(Cl)cc2[N+](=O)[O-])c(=O)c1. The summed E-state index contributed by atoms with van der Waals surface area (Å²) < 4.78 is 1.18. The van der Waals surface area contributed by atoms with Crippen LogP contribution in [0.4, 0.5) is 5.69 Å². The molecule has 0 saturated heterocycles. The number of carbonyl (C=O) groups is 1. The van der Waals surface area contributed by atoms with E-state index in [9.17, 15) is 19.7 Å². The van der Waals surface area contributed by atoms with Crippen LogP contribution in [0.25, 0.3) is 0 Å². The fourth-order valence-corrected chi connectivity index (χ4v) is 1.96. The van der Waals surface area contributed by atoms with E-state index in [1.807, 2.05) is 0 Å². The van der Waals surface area contributed by atoms with Gasteiger partial charge in [-0.2, -0.15) is 0 Å². The Morgan fingerprint density at radius 2 is 2.05 bits per heavy atom. The summed E-state index contributed by atoms with van der Waals surface area (Å²) in [6, 6.07) is 6.36. The van der Waals surface area contributed by atoms with Gasteiger partial charge in [-0.05, 0) is 18.2 Å². The van der Waals surface area contributed by atoms with Gasteiger partial charge in [0.05, 0.1) is 17.0 Å². The molecule has 1 aromatic carbocycles. The molecule has 0 unspecified atom stereocenters. The summed E-state index contributed by atoms with van der Waals surface area (Å²) in [5, 5.41) is 20.0. The number of aromatic carboxylic acids is 1. The van der Waals surface area contributed by atoms with Crippen molar-refractivity contribution in [2.45, 2.75) is 6.54 Å². The predicted octanol–water partition coefficient (Wildman–Crippen LogP) is 2.16. The van der Waals surface area contributed by atoms with Crippen LogP contribution in [0.3, 0.4) is 0 Å².